The summed E-state index contributed by atoms with van der Waals surface area (Å²) in [4.78, 5) is 0. The van der Waals surface area contributed by atoms with Gasteiger partial charge in [-0.1, -0.05) is 85.0 Å². The molecule has 0 amide bonds. The van der Waals surface area contributed by atoms with Crippen LogP contribution in [-0.2, 0) is 0 Å². The Morgan fingerprint density at radius 2 is 1.26 bits per heavy atom. The van der Waals surface area contributed by atoms with E-state index in [1.54, 1.807) is 0 Å². The number of rotatable bonds is 2. The number of nitrogens with zero attached hydrogens (tertiary/aromatic N) is 3. The quantitative estimate of drug-likeness (QED) is 0.174. The lowest BCUT2D eigenvalue weighted by Gasteiger charge is -2.24. The predicted molar refractivity (Wildman–Crippen MR) is 197 cm³/mol. The van der Waals surface area contributed by atoms with Crippen LogP contribution in [0.4, 0.5) is 11.4 Å². The van der Waals surface area contributed by atoms with Crippen LogP contribution in [-0.4, -0.2) is 14.8 Å². The summed E-state index contributed by atoms with van der Waals surface area (Å²) in [6.45, 7) is 0. The summed E-state index contributed by atoms with van der Waals surface area (Å²) in [6.07, 6.45) is 9.00. The molecule has 0 fully saturated rings. The highest BCUT2D eigenvalue weighted by Crippen LogP contribution is 2.46. The van der Waals surface area contributed by atoms with Crippen molar-refractivity contribution in [1.82, 2.24) is 13.7 Å². The van der Waals surface area contributed by atoms with Gasteiger partial charge in [-0.3, -0.25) is 0 Å². The van der Waals surface area contributed by atoms with E-state index in [0.29, 0.717) is 0 Å². The van der Waals surface area contributed by atoms with Crippen molar-refractivity contribution in [1.29, 1.82) is 0 Å². The summed E-state index contributed by atoms with van der Waals surface area (Å²) < 4.78 is 10.1. The van der Waals surface area contributed by atoms with Crippen LogP contribution < -0.4 is 4.58 Å². The first-order chi connectivity index (χ1) is 22.8. The Hall–Kier alpha value is -5.71. The summed E-state index contributed by atoms with van der Waals surface area (Å²) in [5.41, 5.74) is 9.86. The third kappa shape index (κ3) is 3.14. The molecule has 1 unspecified atom stereocenters. The zero-order chi connectivity index (χ0) is 29.9. The number of para-hydroxylation sites is 3. The summed E-state index contributed by atoms with van der Waals surface area (Å²) >= 11 is 1.89. The Kier molecular flexibility index (Phi) is 4.78. The van der Waals surface area contributed by atoms with E-state index in [1.807, 2.05) is 11.3 Å². The first-order valence-electron chi connectivity index (χ1n) is 15.8. The van der Waals surface area contributed by atoms with Crippen LogP contribution >= 0.6 is 11.3 Å². The number of fused-ring (bicyclic) bond motifs is 11. The molecule has 3 nitrogen and oxygen atoms in total. The maximum Gasteiger partial charge on any atom is 0.235 e. The van der Waals surface area contributed by atoms with Crippen molar-refractivity contribution in [2.45, 2.75) is 6.04 Å². The molecule has 0 spiro atoms. The average molecular weight is 605 g/mol. The fourth-order valence-corrected chi connectivity index (χ4v) is 9.21. The second-order valence-corrected chi connectivity index (χ2v) is 13.4. The number of benzene rings is 6. The van der Waals surface area contributed by atoms with Crippen LogP contribution in [0.25, 0.3) is 69.5 Å². The Morgan fingerprint density at radius 3 is 2.07 bits per heavy atom. The molecule has 11 rings (SSSR count). The van der Waals surface area contributed by atoms with Gasteiger partial charge in [0.05, 0.1) is 16.6 Å². The molecule has 0 bridgehead atoms. The van der Waals surface area contributed by atoms with Gasteiger partial charge in [0.1, 0.15) is 11.6 Å². The molecule has 0 saturated carbocycles. The number of hydrogen-bond acceptors (Lipinski definition) is 1. The molecular weight excluding hydrogens is 579 g/mol. The van der Waals surface area contributed by atoms with Gasteiger partial charge in [0, 0.05) is 71.7 Å². The molecule has 2 aliphatic rings. The highest BCUT2D eigenvalue weighted by atomic mass is 32.1. The van der Waals surface area contributed by atoms with E-state index in [2.05, 4.69) is 165 Å². The highest BCUT2D eigenvalue weighted by Gasteiger charge is 2.37. The van der Waals surface area contributed by atoms with Gasteiger partial charge >= 0.3 is 0 Å². The average Bonchev–Trinajstić information content (AvgIpc) is 3.76. The molecule has 4 heteroatoms. The zero-order valence-electron chi connectivity index (χ0n) is 24.8. The van der Waals surface area contributed by atoms with Crippen molar-refractivity contribution < 1.29 is 0 Å². The van der Waals surface area contributed by atoms with Crippen molar-refractivity contribution in [3.8, 4) is 5.69 Å². The van der Waals surface area contributed by atoms with Gasteiger partial charge in [0.25, 0.3) is 0 Å². The predicted octanol–water partition coefficient (Wildman–Crippen LogP) is 11.2. The molecule has 4 heterocycles. The maximum atomic E-state index is 2.57. The van der Waals surface area contributed by atoms with Gasteiger partial charge in [-0.25, -0.2) is 0 Å². The van der Waals surface area contributed by atoms with Crippen molar-refractivity contribution in [3.63, 3.8) is 0 Å². The lowest BCUT2D eigenvalue weighted by atomic mass is 10.0. The smallest absolute Gasteiger partial charge is 0.235 e. The van der Waals surface area contributed by atoms with Crippen molar-refractivity contribution in [2.24, 2.45) is 0 Å². The zero-order valence-corrected chi connectivity index (χ0v) is 25.6. The highest BCUT2D eigenvalue weighted by molar-refractivity contribution is 7.25. The normalized spacial score (nSPS) is 15.8. The van der Waals surface area contributed by atoms with Crippen LogP contribution in [0.3, 0.4) is 0 Å². The van der Waals surface area contributed by atoms with E-state index >= 15 is 0 Å². The summed E-state index contributed by atoms with van der Waals surface area (Å²) in [5.74, 6) is 0. The second kappa shape index (κ2) is 8.94. The maximum absolute atomic E-state index is 2.57. The fourth-order valence-electron chi connectivity index (χ4n) is 8.09. The van der Waals surface area contributed by atoms with E-state index in [-0.39, 0.29) is 6.04 Å². The SMILES string of the molecule is C1=CC2=[N+](c3ccc(-n4c5ccccc5c5ccccc54)cc3)c3cccc4c5cc6c(cc5n(c34)C2C=C1)sc1ccccc16. The van der Waals surface area contributed by atoms with Gasteiger partial charge in [-0.05, 0) is 42.5 Å². The number of thiophene rings is 1. The molecule has 46 heavy (non-hydrogen) atoms. The van der Waals surface area contributed by atoms with Gasteiger partial charge < -0.3 is 9.13 Å². The third-order valence-corrected chi connectivity index (χ3v) is 11.1. The first-order valence-corrected chi connectivity index (χ1v) is 16.6. The van der Waals surface area contributed by atoms with E-state index in [4.69, 9.17) is 0 Å². The molecule has 0 saturated heterocycles. The van der Waals surface area contributed by atoms with E-state index in [0.717, 1.165) is 0 Å². The monoisotopic (exact) mass is 604 g/mol. The minimum Gasteiger partial charge on any atom is -0.318 e. The second-order valence-electron chi connectivity index (χ2n) is 12.3. The Bertz CT molecular complexity index is 2800. The van der Waals surface area contributed by atoms with Crippen molar-refractivity contribution in [3.05, 3.63) is 152 Å². The van der Waals surface area contributed by atoms with E-state index in [9.17, 15) is 0 Å². The van der Waals surface area contributed by atoms with Crippen molar-refractivity contribution >= 4 is 92.2 Å². The van der Waals surface area contributed by atoms with Gasteiger partial charge in [-0.2, -0.15) is 4.58 Å². The summed E-state index contributed by atoms with van der Waals surface area (Å²) in [7, 11) is 0. The minimum absolute atomic E-state index is 0.101. The molecular formula is C42H26N3S+. The molecule has 1 atom stereocenters. The number of aromatic nitrogens is 2. The van der Waals surface area contributed by atoms with Crippen LogP contribution in [0, 0.1) is 0 Å². The van der Waals surface area contributed by atoms with Gasteiger partial charge in [-0.15, -0.1) is 11.3 Å². The largest absolute Gasteiger partial charge is 0.318 e. The molecule has 1 aliphatic carbocycles. The molecule has 214 valence electrons. The molecule has 9 aromatic rings. The molecule has 0 N–H and O–H groups in total. The topological polar surface area (TPSA) is 12.9 Å². The van der Waals surface area contributed by atoms with Crippen LogP contribution in [0.1, 0.15) is 6.04 Å². The van der Waals surface area contributed by atoms with Gasteiger partial charge in [0.2, 0.25) is 17.1 Å². The van der Waals surface area contributed by atoms with E-state index < -0.39 is 0 Å². The molecule has 6 aromatic carbocycles. The fraction of sp³-hybridized carbons (Fsp3) is 0.0238. The van der Waals surface area contributed by atoms with Crippen molar-refractivity contribution in [2.75, 3.05) is 0 Å². The Balaban J connectivity index is 1.14. The number of hydrogen-bond donors (Lipinski definition) is 0. The standard InChI is InChI=1S/C42H26N3S/c1-4-14-34-28(10-1)29-11-2-5-15-35(29)43(34)26-20-22-27(23-21-26)44-36-16-6-7-17-37(36)45-39-25-41-33(30-12-3-8-19-40(30)46-41)24-32(39)31-13-9-18-38(44)42(31)45/h1-25,37H/q+1. The molecule has 1 aliphatic heterocycles. The minimum atomic E-state index is 0.101. The summed E-state index contributed by atoms with van der Waals surface area (Å²) in [6, 6.07) is 47.1. The lowest BCUT2D eigenvalue weighted by molar-refractivity contribution is 0.781. The summed E-state index contributed by atoms with van der Waals surface area (Å²) in [5, 5.41) is 7.87. The van der Waals surface area contributed by atoms with Crippen LogP contribution in [0.15, 0.2) is 152 Å². The Morgan fingerprint density at radius 1 is 0.543 bits per heavy atom. The number of allylic oxidation sites excluding steroid dienone is 4. The van der Waals surface area contributed by atoms with Gasteiger partial charge in [0.15, 0.2) is 0 Å². The lowest BCUT2D eigenvalue weighted by Crippen LogP contribution is -2.30. The molecule has 3 aromatic heterocycles. The third-order valence-electron chi connectivity index (χ3n) is 10.00. The molecule has 0 radical (unpaired) electrons. The Labute approximate surface area is 268 Å². The van der Waals surface area contributed by atoms with Crippen LogP contribution in [0.2, 0.25) is 0 Å². The van der Waals surface area contributed by atoms with E-state index in [1.165, 1.54) is 86.6 Å². The van der Waals surface area contributed by atoms with Crippen LogP contribution in [0.5, 0.6) is 0 Å². The first kappa shape index (κ1) is 24.6.